The summed E-state index contributed by atoms with van der Waals surface area (Å²) < 4.78 is 0. The van der Waals surface area contributed by atoms with Gasteiger partial charge in [0.2, 0.25) is 0 Å². The molecule has 1 amide bonds. The second-order valence-corrected chi connectivity index (χ2v) is 6.69. The van der Waals surface area contributed by atoms with Gasteiger partial charge < -0.3 is 15.6 Å². The Morgan fingerprint density at radius 3 is 3.08 bits per heavy atom. The van der Waals surface area contributed by atoms with Crippen molar-refractivity contribution in [3.63, 3.8) is 0 Å². The van der Waals surface area contributed by atoms with Gasteiger partial charge in [0.25, 0.3) is 5.91 Å². The molecule has 0 atom stereocenters. The van der Waals surface area contributed by atoms with Crippen molar-refractivity contribution in [1.29, 1.82) is 0 Å². The van der Waals surface area contributed by atoms with Crippen LogP contribution >= 0.6 is 11.3 Å². The average Bonchev–Trinajstić information content (AvgIpc) is 3.31. The molecule has 0 radical (unpaired) electrons. The fourth-order valence-electron chi connectivity index (χ4n) is 2.90. The standard InChI is InChI=1S/C15H17N7OS/c1-2-9-12(24-15(16)21-9)14(23)22-4-3-10-11(7-22)20-13(19-10)8-5-17-18-6-8/h5-6H,2-4,7H2,1H3,(H2,16,21)(H,17,18)(H,19,20). The molecule has 0 fully saturated rings. The highest BCUT2D eigenvalue weighted by atomic mass is 32.1. The summed E-state index contributed by atoms with van der Waals surface area (Å²) in [5.74, 6) is 0.769. The second-order valence-electron chi connectivity index (χ2n) is 5.66. The minimum Gasteiger partial charge on any atom is -0.375 e. The first-order valence-electron chi connectivity index (χ1n) is 7.77. The number of rotatable bonds is 3. The number of nitrogens with one attached hydrogen (secondary N) is 2. The monoisotopic (exact) mass is 343 g/mol. The van der Waals surface area contributed by atoms with E-state index >= 15 is 0 Å². The quantitative estimate of drug-likeness (QED) is 0.668. The van der Waals surface area contributed by atoms with Crippen LogP contribution in [0.15, 0.2) is 12.4 Å². The van der Waals surface area contributed by atoms with E-state index in [4.69, 9.17) is 5.73 Å². The molecular formula is C15H17N7OS. The van der Waals surface area contributed by atoms with Gasteiger partial charge >= 0.3 is 0 Å². The molecule has 8 nitrogen and oxygen atoms in total. The van der Waals surface area contributed by atoms with E-state index in [-0.39, 0.29) is 5.91 Å². The zero-order valence-electron chi connectivity index (χ0n) is 13.2. The van der Waals surface area contributed by atoms with Crippen LogP contribution in [0.1, 0.15) is 33.7 Å². The van der Waals surface area contributed by atoms with Crippen LogP contribution in [0.2, 0.25) is 0 Å². The van der Waals surface area contributed by atoms with Crippen LogP contribution in [0.5, 0.6) is 0 Å². The third-order valence-electron chi connectivity index (χ3n) is 4.13. The number of hydrogen-bond acceptors (Lipinski definition) is 6. The van der Waals surface area contributed by atoms with Gasteiger partial charge in [0.15, 0.2) is 5.13 Å². The highest BCUT2D eigenvalue weighted by molar-refractivity contribution is 7.17. The Balaban J connectivity index is 1.59. The molecule has 0 unspecified atom stereocenters. The number of carbonyl (C=O) groups is 1. The SMILES string of the molecule is CCc1nc(N)sc1C(=O)N1CCc2nc(-c3cn[nH]c3)[nH]c2C1. The molecule has 0 spiro atoms. The van der Waals surface area contributed by atoms with Crippen LogP contribution in [0, 0.1) is 0 Å². The third-order valence-corrected chi connectivity index (χ3v) is 5.05. The van der Waals surface area contributed by atoms with Crippen molar-refractivity contribution in [3.8, 4) is 11.4 Å². The number of aromatic nitrogens is 5. The van der Waals surface area contributed by atoms with Gasteiger partial charge in [-0.15, -0.1) is 0 Å². The molecule has 4 rings (SSSR count). The molecule has 4 heterocycles. The van der Waals surface area contributed by atoms with Crippen LogP contribution < -0.4 is 5.73 Å². The van der Waals surface area contributed by atoms with Gasteiger partial charge in [0.05, 0.1) is 35.4 Å². The summed E-state index contributed by atoms with van der Waals surface area (Å²) >= 11 is 1.26. The maximum absolute atomic E-state index is 12.8. The summed E-state index contributed by atoms with van der Waals surface area (Å²) in [6, 6.07) is 0. The molecule has 0 bridgehead atoms. The van der Waals surface area contributed by atoms with Gasteiger partial charge in [-0.3, -0.25) is 9.89 Å². The van der Waals surface area contributed by atoms with Gasteiger partial charge in [0, 0.05) is 19.2 Å². The third kappa shape index (κ3) is 2.46. The van der Waals surface area contributed by atoms with E-state index in [1.54, 1.807) is 12.4 Å². The molecule has 0 aromatic carbocycles. The van der Waals surface area contributed by atoms with Gasteiger partial charge in [0.1, 0.15) is 10.7 Å². The lowest BCUT2D eigenvalue weighted by atomic mass is 10.1. The molecule has 0 saturated carbocycles. The first kappa shape index (κ1) is 14.9. The van der Waals surface area contributed by atoms with Crippen molar-refractivity contribution < 1.29 is 4.79 Å². The molecule has 0 saturated heterocycles. The van der Waals surface area contributed by atoms with Gasteiger partial charge in [-0.1, -0.05) is 18.3 Å². The summed E-state index contributed by atoms with van der Waals surface area (Å²) in [5.41, 5.74) is 9.43. The number of fused-ring (bicyclic) bond motifs is 1. The summed E-state index contributed by atoms with van der Waals surface area (Å²) in [4.78, 5) is 27.5. The Morgan fingerprint density at radius 1 is 1.46 bits per heavy atom. The molecular weight excluding hydrogens is 326 g/mol. The van der Waals surface area contributed by atoms with Gasteiger partial charge in [-0.05, 0) is 6.42 Å². The van der Waals surface area contributed by atoms with Crippen molar-refractivity contribution in [2.75, 3.05) is 12.3 Å². The fraction of sp³-hybridized carbons (Fsp3) is 0.333. The Hall–Kier alpha value is -2.68. The molecule has 0 aliphatic carbocycles. The van der Waals surface area contributed by atoms with E-state index < -0.39 is 0 Å². The molecule has 1 aliphatic rings. The van der Waals surface area contributed by atoms with E-state index in [2.05, 4.69) is 25.1 Å². The van der Waals surface area contributed by atoms with Gasteiger partial charge in [-0.25, -0.2) is 9.97 Å². The molecule has 3 aromatic rings. The minimum atomic E-state index is -0.00818. The molecule has 4 N–H and O–H groups in total. The lowest BCUT2D eigenvalue weighted by Crippen LogP contribution is -2.36. The number of nitrogens with zero attached hydrogens (tertiary/aromatic N) is 4. The molecule has 124 valence electrons. The number of nitrogen functional groups attached to an aromatic ring is 1. The predicted octanol–water partition coefficient (Wildman–Crippen LogP) is 1.60. The number of imidazole rings is 1. The fourth-order valence-corrected chi connectivity index (χ4v) is 3.79. The molecule has 3 aromatic heterocycles. The van der Waals surface area contributed by atoms with E-state index in [1.165, 1.54) is 11.3 Å². The Bertz CT molecular complexity index is 880. The summed E-state index contributed by atoms with van der Waals surface area (Å²) in [7, 11) is 0. The van der Waals surface area contributed by atoms with Crippen molar-refractivity contribution in [1.82, 2.24) is 30.0 Å². The zero-order chi connectivity index (χ0) is 16.7. The van der Waals surface area contributed by atoms with Gasteiger partial charge in [-0.2, -0.15) is 5.10 Å². The number of anilines is 1. The zero-order valence-corrected chi connectivity index (χ0v) is 14.0. The predicted molar refractivity (Wildman–Crippen MR) is 90.5 cm³/mol. The number of nitrogens with two attached hydrogens (primary N) is 1. The Morgan fingerprint density at radius 2 is 2.33 bits per heavy atom. The normalized spacial score (nSPS) is 14.0. The van der Waals surface area contributed by atoms with Crippen LogP contribution in [0.25, 0.3) is 11.4 Å². The number of carbonyl (C=O) groups excluding carboxylic acids is 1. The van der Waals surface area contributed by atoms with E-state index in [0.717, 1.165) is 34.9 Å². The number of amides is 1. The van der Waals surface area contributed by atoms with Crippen LogP contribution in [-0.2, 0) is 19.4 Å². The number of aryl methyl sites for hydroxylation is 1. The summed E-state index contributed by atoms with van der Waals surface area (Å²) in [6.07, 6.45) is 4.94. The summed E-state index contributed by atoms with van der Waals surface area (Å²) in [5, 5.41) is 7.16. The van der Waals surface area contributed by atoms with E-state index in [1.807, 2.05) is 11.8 Å². The highest BCUT2D eigenvalue weighted by Crippen LogP contribution is 2.27. The average molecular weight is 343 g/mol. The lowest BCUT2D eigenvalue weighted by molar-refractivity contribution is 0.0735. The molecule has 24 heavy (non-hydrogen) atoms. The minimum absolute atomic E-state index is 0.00818. The Labute approximate surface area is 142 Å². The van der Waals surface area contributed by atoms with E-state index in [9.17, 15) is 4.79 Å². The second kappa shape index (κ2) is 5.75. The van der Waals surface area contributed by atoms with Crippen molar-refractivity contribution in [2.24, 2.45) is 0 Å². The topological polar surface area (TPSA) is 117 Å². The number of hydrogen-bond donors (Lipinski definition) is 3. The van der Waals surface area contributed by atoms with E-state index in [0.29, 0.717) is 29.5 Å². The first-order valence-corrected chi connectivity index (χ1v) is 8.58. The number of aromatic amines is 2. The number of H-pyrrole nitrogens is 2. The van der Waals surface area contributed by atoms with Crippen LogP contribution in [0.3, 0.4) is 0 Å². The van der Waals surface area contributed by atoms with Crippen molar-refractivity contribution in [3.05, 3.63) is 34.4 Å². The lowest BCUT2D eigenvalue weighted by Gasteiger charge is -2.25. The smallest absolute Gasteiger partial charge is 0.266 e. The first-order chi connectivity index (χ1) is 11.7. The van der Waals surface area contributed by atoms with Crippen LogP contribution in [-0.4, -0.2) is 42.5 Å². The molecule has 9 heteroatoms. The maximum atomic E-state index is 12.8. The van der Waals surface area contributed by atoms with Crippen molar-refractivity contribution >= 4 is 22.4 Å². The maximum Gasteiger partial charge on any atom is 0.266 e. The largest absolute Gasteiger partial charge is 0.375 e. The van der Waals surface area contributed by atoms with Crippen LogP contribution in [0.4, 0.5) is 5.13 Å². The molecule has 1 aliphatic heterocycles. The highest BCUT2D eigenvalue weighted by Gasteiger charge is 2.27. The Kier molecular flexibility index (Phi) is 3.57. The van der Waals surface area contributed by atoms with Crippen molar-refractivity contribution in [2.45, 2.75) is 26.3 Å². The number of thiazole rings is 1. The summed E-state index contributed by atoms with van der Waals surface area (Å²) in [6.45, 7) is 3.13.